The molecule has 0 unspecified atom stereocenters. The maximum atomic E-state index is 11.4. The van der Waals surface area contributed by atoms with Crippen molar-refractivity contribution >= 4 is 17.4 Å². The van der Waals surface area contributed by atoms with Gasteiger partial charge in [-0.25, -0.2) is 0 Å². The van der Waals surface area contributed by atoms with E-state index in [0.717, 1.165) is 0 Å². The van der Waals surface area contributed by atoms with Gasteiger partial charge in [0.15, 0.2) is 5.78 Å². The number of hydrogen-bond acceptors (Lipinski definition) is 3. The Hall–Kier alpha value is -1.06. The van der Waals surface area contributed by atoms with Gasteiger partial charge in [-0.05, 0) is 25.6 Å². The third kappa shape index (κ3) is 2.25. The van der Waals surface area contributed by atoms with E-state index in [2.05, 4.69) is 0 Å². The molecular weight excluding hydrogens is 202 g/mol. The lowest BCUT2D eigenvalue weighted by Gasteiger charge is -2.05. The van der Waals surface area contributed by atoms with Crippen molar-refractivity contribution in [3.8, 4) is 5.75 Å². The van der Waals surface area contributed by atoms with E-state index in [-0.39, 0.29) is 18.0 Å². The number of Topliss-reactive ketones (excluding diaryl/α,β-unsaturated/α-hetero) is 1. The molecule has 0 bridgehead atoms. The van der Waals surface area contributed by atoms with Gasteiger partial charge >= 0.3 is 0 Å². The Morgan fingerprint density at radius 2 is 2.21 bits per heavy atom. The molecule has 0 spiro atoms. The van der Waals surface area contributed by atoms with Gasteiger partial charge < -0.3 is 10.8 Å². The molecule has 3 N–H and O–H groups in total. The monoisotopic (exact) mass is 213 g/mol. The molecule has 0 amide bonds. The SMILES string of the molecule is Cc1c(O)cc(C(=O)CCN)cc1Cl. The molecule has 76 valence electrons. The van der Waals surface area contributed by atoms with Gasteiger partial charge in [-0.3, -0.25) is 4.79 Å². The fourth-order valence-corrected chi connectivity index (χ4v) is 1.32. The van der Waals surface area contributed by atoms with Crippen molar-refractivity contribution in [2.45, 2.75) is 13.3 Å². The highest BCUT2D eigenvalue weighted by Gasteiger charge is 2.10. The molecule has 0 atom stereocenters. The number of aromatic hydroxyl groups is 1. The number of nitrogens with two attached hydrogens (primary N) is 1. The summed E-state index contributed by atoms with van der Waals surface area (Å²) in [5.74, 6) is -0.0671. The molecule has 4 heteroatoms. The fraction of sp³-hybridized carbons (Fsp3) is 0.300. The minimum Gasteiger partial charge on any atom is -0.508 e. The molecule has 0 aromatic heterocycles. The van der Waals surface area contributed by atoms with Gasteiger partial charge in [-0.1, -0.05) is 11.6 Å². The van der Waals surface area contributed by atoms with Crippen molar-refractivity contribution in [3.63, 3.8) is 0 Å². The highest BCUT2D eigenvalue weighted by Crippen LogP contribution is 2.26. The van der Waals surface area contributed by atoms with Crippen molar-refractivity contribution < 1.29 is 9.90 Å². The predicted octanol–water partition coefficient (Wildman–Crippen LogP) is 1.89. The highest BCUT2D eigenvalue weighted by molar-refractivity contribution is 6.32. The van der Waals surface area contributed by atoms with Gasteiger partial charge in [0.2, 0.25) is 0 Å². The van der Waals surface area contributed by atoms with Crippen LogP contribution >= 0.6 is 11.6 Å². The van der Waals surface area contributed by atoms with E-state index in [9.17, 15) is 9.90 Å². The van der Waals surface area contributed by atoms with Crippen LogP contribution in [0.1, 0.15) is 22.3 Å². The van der Waals surface area contributed by atoms with Gasteiger partial charge in [0.1, 0.15) is 5.75 Å². The number of hydrogen-bond donors (Lipinski definition) is 2. The molecule has 0 fully saturated rings. The molecule has 0 aliphatic heterocycles. The number of benzene rings is 1. The summed E-state index contributed by atoms with van der Waals surface area (Å²) in [5.41, 5.74) is 6.24. The van der Waals surface area contributed by atoms with Crippen LogP contribution in [0.5, 0.6) is 5.75 Å². The molecule has 0 heterocycles. The summed E-state index contributed by atoms with van der Waals surface area (Å²) in [6.45, 7) is 1.99. The number of halogens is 1. The smallest absolute Gasteiger partial charge is 0.164 e. The lowest BCUT2D eigenvalue weighted by Crippen LogP contribution is -2.08. The van der Waals surface area contributed by atoms with E-state index in [1.165, 1.54) is 6.07 Å². The number of ketones is 1. The number of rotatable bonds is 3. The molecule has 0 saturated carbocycles. The van der Waals surface area contributed by atoms with E-state index >= 15 is 0 Å². The third-order valence-corrected chi connectivity index (χ3v) is 2.40. The quantitative estimate of drug-likeness (QED) is 0.754. The Morgan fingerprint density at radius 3 is 2.71 bits per heavy atom. The highest BCUT2D eigenvalue weighted by atomic mass is 35.5. The van der Waals surface area contributed by atoms with Crippen molar-refractivity contribution in [1.29, 1.82) is 0 Å². The molecule has 1 rings (SSSR count). The van der Waals surface area contributed by atoms with Gasteiger partial charge in [-0.2, -0.15) is 0 Å². The number of carbonyl (C=O) groups is 1. The van der Waals surface area contributed by atoms with Gasteiger partial charge in [0, 0.05) is 22.6 Å². The lowest BCUT2D eigenvalue weighted by molar-refractivity contribution is 0.0985. The van der Waals surface area contributed by atoms with Crippen LogP contribution < -0.4 is 5.73 Å². The zero-order valence-corrected chi connectivity index (χ0v) is 8.64. The first-order valence-electron chi connectivity index (χ1n) is 4.28. The zero-order valence-electron chi connectivity index (χ0n) is 7.88. The fourth-order valence-electron chi connectivity index (χ4n) is 1.10. The van der Waals surface area contributed by atoms with Gasteiger partial charge in [0.25, 0.3) is 0 Å². The van der Waals surface area contributed by atoms with Crippen LogP contribution in [0.3, 0.4) is 0 Å². The molecule has 1 aromatic carbocycles. The van der Waals surface area contributed by atoms with E-state index in [0.29, 0.717) is 22.7 Å². The normalized spacial score (nSPS) is 10.2. The van der Waals surface area contributed by atoms with E-state index in [1.807, 2.05) is 0 Å². The summed E-state index contributed by atoms with van der Waals surface area (Å²) < 4.78 is 0. The lowest BCUT2D eigenvalue weighted by atomic mass is 10.1. The second-order valence-corrected chi connectivity index (χ2v) is 3.47. The van der Waals surface area contributed by atoms with E-state index in [1.54, 1.807) is 13.0 Å². The Morgan fingerprint density at radius 1 is 1.57 bits per heavy atom. The van der Waals surface area contributed by atoms with Crippen LogP contribution in [0.25, 0.3) is 0 Å². The summed E-state index contributed by atoms with van der Waals surface area (Å²) in [6.07, 6.45) is 0.263. The largest absolute Gasteiger partial charge is 0.508 e. The molecular formula is C10H12ClNO2. The topological polar surface area (TPSA) is 63.3 Å². The van der Waals surface area contributed by atoms with Crippen molar-refractivity contribution in [2.24, 2.45) is 5.73 Å². The molecule has 14 heavy (non-hydrogen) atoms. The minimum atomic E-state index is -0.107. The van der Waals surface area contributed by atoms with Crippen molar-refractivity contribution in [3.05, 3.63) is 28.3 Å². The zero-order chi connectivity index (χ0) is 10.7. The van der Waals surface area contributed by atoms with Gasteiger partial charge in [-0.15, -0.1) is 0 Å². The Bertz CT molecular complexity index is 340. The first kappa shape index (κ1) is 11.0. The molecule has 1 aromatic rings. The Labute approximate surface area is 87.5 Å². The molecule has 3 nitrogen and oxygen atoms in total. The van der Waals surface area contributed by atoms with E-state index < -0.39 is 0 Å². The van der Waals surface area contributed by atoms with E-state index in [4.69, 9.17) is 17.3 Å². The van der Waals surface area contributed by atoms with Crippen LogP contribution in [-0.2, 0) is 0 Å². The van der Waals surface area contributed by atoms with Crippen LogP contribution in [0, 0.1) is 6.92 Å². The van der Waals surface area contributed by atoms with Crippen LogP contribution in [0.2, 0.25) is 5.02 Å². The first-order valence-corrected chi connectivity index (χ1v) is 4.66. The second kappa shape index (κ2) is 4.44. The number of phenolic OH excluding ortho intramolecular Hbond substituents is 1. The molecule has 0 aliphatic rings. The van der Waals surface area contributed by atoms with Crippen LogP contribution in [0.15, 0.2) is 12.1 Å². The standard InChI is InChI=1S/C10H12ClNO2/c1-6-8(11)4-7(5-10(6)14)9(13)2-3-12/h4-5,14H,2-3,12H2,1H3. The Balaban J connectivity index is 3.06. The average molecular weight is 214 g/mol. The Kier molecular flexibility index (Phi) is 3.49. The summed E-state index contributed by atoms with van der Waals surface area (Å²) >= 11 is 5.82. The molecule has 0 radical (unpaired) electrons. The first-order chi connectivity index (χ1) is 6.56. The average Bonchev–Trinajstić information content (AvgIpc) is 2.13. The predicted molar refractivity (Wildman–Crippen MR) is 55.9 cm³/mol. The summed E-state index contributed by atoms with van der Waals surface area (Å²) in [7, 11) is 0. The second-order valence-electron chi connectivity index (χ2n) is 3.06. The maximum absolute atomic E-state index is 11.4. The maximum Gasteiger partial charge on any atom is 0.164 e. The summed E-state index contributed by atoms with van der Waals surface area (Å²) in [4.78, 5) is 11.4. The van der Waals surface area contributed by atoms with Crippen molar-refractivity contribution in [1.82, 2.24) is 0 Å². The number of carbonyl (C=O) groups excluding carboxylic acids is 1. The summed E-state index contributed by atoms with van der Waals surface area (Å²) in [6, 6.07) is 2.97. The summed E-state index contributed by atoms with van der Waals surface area (Å²) in [5, 5.41) is 9.82. The van der Waals surface area contributed by atoms with Crippen LogP contribution in [-0.4, -0.2) is 17.4 Å². The molecule has 0 saturated heterocycles. The van der Waals surface area contributed by atoms with Crippen LogP contribution in [0.4, 0.5) is 0 Å². The minimum absolute atomic E-state index is 0.0397. The van der Waals surface area contributed by atoms with Gasteiger partial charge in [0.05, 0.1) is 0 Å². The molecule has 0 aliphatic carbocycles. The third-order valence-electron chi connectivity index (χ3n) is 2.01. The van der Waals surface area contributed by atoms with Crippen molar-refractivity contribution in [2.75, 3.05) is 6.54 Å². The number of phenols is 1.